The van der Waals surface area contributed by atoms with Crippen LogP contribution in [-0.4, -0.2) is 16.3 Å². The molecule has 2 nitrogen and oxygen atoms in total. The Kier molecular flexibility index (Phi) is 3.46. The van der Waals surface area contributed by atoms with Gasteiger partial charge in [0, 0.05) is 0 Å². The van der Waals surface area contributed by atoms with Crippen molar-refractivity contribution in [2.45, 2.75) is 26.1 Å². The highest BCUT2D eigenvalue weighted by molar-refractivity contribution is 5.18. The van der Waals surface area contributed by atoms with Crippen LogP contribution in [0.2, 0.25) is 0 Å². The number of hydrogen-bond donors (Lipinski definition) is 2. The van der Waals surface area contributed by atoms with Crippen LogP contribution in [0.5, 0.6) is 0 Å². The summed E-state index contributed by atoms with van der Waals surface area (Å²) in [5, 5.41) is 19.3. The van der Waals surface area contributed by atoms with Crippen LogP contribution in [0, 0.1) is 5.92 Å². The Hall–Kier alpha value is -0.860. The summed E-state index contributed by atoms with van der Waals surface area (Å²) in [6.07, 6.45) is -1.47. The Bertz CT molecular complexity index is 244. The smallest absolute Gasteiger partial charge is 0.105 e. The summed E-state index contributed by atoms with van der Waals surface area (Å²) in [5.41, 5.74) is 0.767. The molecule has 0 saturated heterocycles. The highest BCUT2D eigenvalue weighted by atomic mass is 16.3. The lowest BCUT2D eigenvalue weighted by Gasteiger charge is -2.21. The fourth-order valence-corrected chi connectivity index (χ4v) is 1.21. The fourth-order valence-electron chi connectivity index (χ4n) is 1.21. The third-order valence-electron chi connectivity index (χ3n) is 2.15. The molecule has 0 spiro atoms. The minimum absolute atomic E-state index is 0.0650. The normalized spacial score (nSPS) is 15.8. The summed E-state index contributed by atoms with van der Waals surface area (Å²) in [4.78, 5) is 0. The van der Waals surface area contributed by atoms with Crippen LogP contribution in [0.1, 0.15) is 25.5 Å². The number of aliphatic hydroxyl groups is 2. The molecule has 1 aromatic rings. The molecule has 0 aromatic heterocycles. The van der Waals surface area contributed by atoms with Crippen LogP contribution in [0.25, 0.3) is 0 Å². The molecule has 0 radical (unpaired) electrons. The average Bonchev–Trinajstić information content (AvgIpc) is 2.17. The molecule has 2 atom stereocenters. The first-order chi connectivity index (χ1) is 6.13. The van der Waals surface area contributed by atoms with Crippen molar-refractivity contribution in [1.82, 2.24) is 0 Å². The second-order valence-corrected chi connectivity index (χ2v) is 3.59. The van der Waals surface area contributed by atoms with E-state index < -0.39 is 12.2 Å². The lowest BCUT2D eigenvalue weighted by atomic mass is 9.96. The highest BCUT2D eigenvalue weighted by Gasteiger charge is 2.20. The van der Waals surface area contributed by atoms with Crippen molar-refractivity contribution in [3.8, 4) is 0 Å². The molecule has 72 valence electrons. The van der Waals surface area contributed by atoms with Crippen LogP contribution in [-0.2, 0) is 0 Å². The summed E-state index contributed by atoms with van der Waals surface area (Å²) < 4.78 is 0. The fraction of sp³-hybridized carbons (Fsp3) is 0.455. The number of aliphatic hydroxyl groups excluding tert-OH is 2. The van der Waals surface area contributed by atoms with E-state index in [2.05, 4.69) is 0 Å². The van der Waals surface area contributed by atoms with Gasteiger partial charge in [0.05, 0.1) is 6.10 Å². The van der Waals surface area contributed by atoms with E-state index in [0.717, 1.165) is 5.56 Å². The van der Waals surface area contributed by atoms with Crippen LogP contribution in [0.15, 0.2) is 30.3 Å². The monoisotopic (exact) mass is 180 g/mol. The Balaban J connectivity index is 2.73. The minimum Gasteiger partial charge on any atom is -0.390 e. The third-order valence-corrected chi connectivity index (χ3v) is 2.15. The molecule has 0 aliphatic rings. The summed E-state index contributed by atoms with van der Waals surface area (Å²) in [5.74, 6) is 0.0650. The van der Waals surface area contributed by atoms with Crippen molar-refractivity contribution in [3.63, 3.8) is 0 Å². The standard InChI is InChI=1S/C11H16O2/c1-8(2)10(12)11(13)9-6-4-3-5-7-9/h3-8,10-13H,1-2H3. The van der Waals surface area contributed by atoms with E-state index in [9.17, 15) is 10.2 Å². The van der Waals surface area contributed by atoms with Gasteiger partial charge in [-0.2, -0.15) is 0 Å². The maximum atomic E-state index is 9.71. The van der Waals surface area contributed by atoms with Gasteiger partial charge < -0.3 is 10.2 Å². The predicted molar refractivity (Wildman–Crippen MR) is 52.2 cm³/mol. The molecular weight excluding hydrogens is 164 g/mol. The summed E-state index contributed by atoms with van der Waals surface area (Å²) in [6, 6.07) is 9.22. The van der Waals surface area contributed by atoms with E-state index >= 15 is 0 Å². The number of benzene rings is 1. The molecule has 0 fully saturated rings. The van der Waals surface area contributed by atoms with E-state index in [1.807, 2.05) is 44.2 Å². The van der Waals surface area contributed by atoms with E-state index in [1.165, 1.54) is 0 Å². The van der Waals surface area contributed by atoms with Gasteiger partial charge in [-0.15, -0.1) is 0 Å². The van der Waals surface area contributed by atoms with Gasteiger partial charge in [-0.25, -0.2) is 0 Å². The van der Waals surface area contributed by atoms with Crippen molar-refractivity contribution in [3.05, 3.63) is 35.9 Å². The molecule has 0 aliphatic carbocycles. The zero-order valence-electron chi connectivity index (χ0n) is 8.01. The van der Waals surface area contributed by atoms with E-state index in [-0.39, 0.29) is 5.92 Å². The molecule has 0 heterocycles. The molecule has 1 aromatic carbocycles. The topological polar surface area (TPSA) is 40.5 Å². The Morgan fingerprint density at radius 1 is 1.00 bits per heavy atom. The maximum absolute atomic E-state index is 9.71. The number of hydrogen-bond acceptors (Lipinski definition) is 2. The van der Waals surface area contributed by atoms with Crippen LogP contribution in [0.4, 0.5) is 0 Å². The summed E-state index contributed by atoms with van der Waals surface area (Å²) in [7, 11) is 0. The van der Waals surface area contributed by atoms with Gasteiger partial charge in [-0.1, -0.05) is 44.2 Å². The predicted octanol–water partition coefficient (Wildman–Crippen LogP) is 1.74. The average molecular weight is 180 g/mol. The van der Waals surface area contributed by atoms with Gasteiger partial charge in [0.2, 0.25) is 0 Å². The highest BCUT2D eigenvalue weighted by Crippen LogP contribution is 2.20. The molecule has 2 unspecified atom stereocenters. The third kappa shape index (κ3) is 2.54. The Morgan fingerprint density at radius 2 is 1.54 bits per heavy atom. The molecule has 2 heteroatoms. The van der Waals surface area contributed by atoms with E-state index in [4.69, 9.17) is 0 Å². The second-order valence-electron chi connectivity index (χ2n) is 3.59. The summed E-state index contributed by atoms with van der Waals surface area (Å²) in [6.45, 7) is 3.77. The molecule has 0 saturated carbocycles. The molecule has 0 amide bonds. The largest absolute Gasteiger partial charge is 0.390 e. The van der Waals surface area contributed by atoms with Gasteiger partial charge in [-0.05, 0) is 11.5 Å². The van der Waals surface area contributed by atoms with E-state index in [0.29, 0.717) is 0 Å². The maximum Gasteiger partial charge on any atom is 0.105 e. The van der Waals surface area contributed by atoms with Crippen molar-refractivity contribution < 1.29 is 10.2 Å². The quantitative estimate of drug-likeness (QED) is 0.743. The zero-order chi connectivity index (χ0) is 9.84. The molecule has 2 N–H and O–H groups in total. The van der Waals surface area contributed by atoms with Crippen molar-refractivity contribution in [2.24, 2.45) is 5.92 Å². The zero-order valence-corrected chi connectivity index (χ0v) is 8.01. The SMILES string of the molecule is CC(C)C(O)C(O)c1ccccc1. The van der Waals surface area contributed by atoms with Crippen LogP contribution >= 0.6 is 0 Å². The Morgan fingerprint density at radius 3 is 2.00 bits per heavy atom. The van der Waals surface area contributed by atoms with Crippen molar-refractivity contribution in [1.29, 1.82) is 0 Å². The molecule has 1 rings (SSSR count). The van der Waals surface area contributed by atoms with Gasteiger partial charge in [0.1, 0.15) is 6.10 Å². The minimum atomic E-state index is -0.777. The second kappa shape index (κ2) is 4.40. The lowest BCUT2D eigenvalue weighted by Crippen LogP contribution is -2.23. The lowest BCUT2D eigenvalue weighted by molar-refractivity contribution is -0.00939. The number of rotatable bonds is 3. The summed E-state index contributed by atoms with van der Waals surface area (Å²) >= 11 is 0. The van der Waals surface area contributed by atoms with Crippen molar-refractivity contribution >= 4 is 0 Å². The molecule has 0 bridgehead atoms. The van der Waals surface area contributed by atoms with Crippen LogP contribution < -0.4 is 0 Å². The first kappa shape index (κ1) is 10.2. The first-order valence-electron chi connectivity index (χ1n) is 4.54. The van der Waals surface area contributed by atoms with Gasteiger partial charge in [0.25, 0.3) is 0 Å². The van der Waals surface area contributed by atoms with Gasteiger partial charge in [0.15, 0.2) is 0 Å². The van der Waals surface area contributed by atoms with E-state index in [1.54, 1.807) is 0 Å². The van der Waals surface area contributed by atoms with Crippen LogP contribution in [0.3, 0.4) is 0 Å². The molecular formula is C11H16O2. The van der Waals surface area contributed by atoms with Gasteiger partial charge >= 0.3 is 0 Å². The molecule has 13 heavy (non-hydrogen) atoms. The van der Waals surface area contributed by atoms with Crippen molar-refractivity contribution in [2.75, 3.05) is 0 Å². The molecule has 0 aliphatic heterocycles. The first-order valence-corrected chi connectivity index (χ1v) is 4.54. The van der Waals surface area contributed by atoms with Gasteiger partial charge in [-0.3, -0.25) is 0 Å². The Labute approximate surface area is 78.8 Å².